The third-order valence-electron chi connectivity index (χ3n) is 1.63. The molecule has 0 heterocycles. The van der Waals surface area contributed by atoms with Crippen molar-refractivity contribution in [2.24, 2.45) is 0 Å². The minimum Gasteiger partial charge on any atom is -0.435 e. The van der Waals surface area contributed by atoms with Crippen LogP contribution in [0.25, 0.3) is 0 Å². The molecule has 0 aliphatic heterocycles. The van der Waals surface area contributed by atoms with Gasteiger partial charge in [-0.25, -0.2) is 4.79 Å². The van der Waals surface area contributed by atoms with Gasteiger partial charge in [0.2, 0.25) is 0 Å². The van der Waals surface area contributed by atoms with Gasteiger partial charge in [0.15, 0.2) is 0 Å². The molecule has 0 rings (SSSR count). The lowest BCUT2D eigenvalue weighted by Crippen LogP contribution is -2.28. The first-order chi connectivity index (χ1) is 6.11. The fourth-order valence-electron chi connectivity index (χ4n) is 0.798. The van der Waals surface area contributed by atoms with Crippen molar-refractivity contribution >= 4 is 6.16 Å². The molecule has 0 aromatic carbocycles. The molecule has 0 saturated carbocycles. The zero-order chi connectivity index (χ0) is 10.3. The van der Waals surface area contributed by atoms with E-state index in [0.29, 0.717) is 13.2 Å². The van der Waals surface area contributed by atoms with E-state index >= 15 is 0 Å². The fraction of sp³-hybridized carbons (Fsp3) is 0.889. The molecule has 0 bridgehead atoms. The lowest BCUT2D eigenvalue weighted by molar-refractivity contribution is -0.0444. The summed E-state index contributed by atoms with van der Waals surface area (Å²) in [5.41, 5.74) is 0. The van der Waals surface area contributed by atoms with E-state index in [0.717, 1.165) is 0 Å². The molecule has 0 saturated heterocycles. The normalized spacial score (nSPS) is 14.8. The first-order valence-electron chi connectivity index (χ1n) is 4.56. The third-order valence-corrected chi connectivity index (χ3v) is 1.63. The Kier molecular flexibility index (Phi) is 6.32. The molecule has 2 unspecified atom stereocenters. The predicted molar refractivity (Wildman–Crippen MR) is 48.7 cm³/mol. The summed E-state index contributed by atoms with van der Waals surface area (Å²) in [6.07, 6.45) is -1.02. The van der Waals surface area contributed by atoms with Crippen molar-refractivity contribution in [3.05, 3.63) is 0 Å². The number of hydrogen-bond donors (Lipinski definition) is 0. The van der Waals surface area contributed by atoms with Crippen LogP contribution in [0.1, 0.15) is 27.7 Å². The summed E-state index contributed by atoms with van der Waals surface area (Å²) in [6, 6.07) is 0. The highest BCUT2D eigenvalue weighted by Crippen LogP contribution is 2.04. The molecule has 0 N–H and O–H groups in total. The van der Waals surface area contributed by atoms with Gasteiger partial charge in [-0.3, -0.25) is 0 Å². The highest BCUT2D eigenvalue weighted by atomic mass is 16.7. The Bertz CT molecular complexity index is 147. The standard InChI is InChI=1S/C9H18O4/c1-5-11-7(3)8(4)13-9(10)12-6-2/h7-8H,5-6H2,1-4H3. The molecule has 2 atom stereocenters. The second-order valence-electron chi connectivity index (χ2n) is 2.67. The van der Waals surface area contributed by atoms with Gasteiger partial charge in [0, 0.05) is 6.61 Å². The summed E-state index contributed by atoms with van der Waals surface area (Å²) < 4.78 is 14.8. The Balaban J connectivity index is 3.71. The molecule has 78 valence electrons. The molecule has 4 nitrogen and oxygen atoms in total. The maximum Gasteiger partial charge on any atom is 0.508 e. The van der Waals surface area contributed by atoms with Crippen LogP contribution in [0.2, 0.25) is 0 Å². The van der Waals surface area contributed by atoms with Crippen LogP contribution in [-0.2, 0) is 14.2 Å². The van der Waals surface area contributed by atoms with Crippen LogP contribution in [-0.4, -0.2) is 31.6 Å². The van der Waals surface area contributed by atoms with Gasteiger partial charge >= 0.3 is 6.16 Å². The summed E-state index contributed by atoms with van der Waals surface area (Å²) in [6.45, 7) is 8.20. The molecule has 0 fully saturated rings. The maximum atomic E-state index is 10.9. The lowest BCUT2D eigenvalue weighted by Gasteiger charge is -2.19. The van der Waals surface area contributed by atoms with Crippen molar-refractivity contribution in [2.45, 2.75) is 39.9 Å². The molecule has 0 aromatic rings. The summed E-state index contributed by atoms with van der Waals surface area (Å²) in [5, 5.41) is 0. The average molecular weight is 190 g/mol. The van der Waals surface area contributed by atoms with Crippen molar-refractivity contribution in [1.82, 2.24) is 0 Å². The molecule has 0 amide bonds. The lowest BCUT2D eigenvalue weighted by atomic mass is 10.2. The van der Waals surface area contributed by atoms with E-state index < -0.39 is 6.16 Å². The monoisotopic (exact) mass is 190 g/mol. The largest absolute Gasteiger partial charge is 0.508 e. The Morgan fingerprint density at radius 2 is 1.77 bits per heavy atom. The highest BCUT2D eigenvalue weighted by Gasteiger charge is 2.17. The first kappa shape index (κ1) is 12.2. The number of rotatable bonds is 5. The van der Waals surface area contributed by atoms with E-state index in [1.807, 2.05) is 13.8 Å². The SMILES string of the molecule is CCOC(=O)OC(C)C(C)OCC. The molecule has 0 aromatic heterocycles. The molecular weight excluding hydrogens is 172 g/mol. The van der Waals surface area contributed by atoms with E-state index in [4.69, 9.17) is 9.47 Å². The quantitative estimate of drug-likeness (QED) is 0.622. The van der Waals surface area contributed by atoms with E-state index in [1.165, 1.54) is 0 Å². The molecular formula is C9H18O4. The fourth-order valence-corrected chi connectivity index (χ4v) is 0.798. The topological polar surface area (TPSA) is 44.8 Å². The molecule has 0 spiro atoms. The first-order valence-corrected chi connectivity index (χ1v) is 4.56. The Hall–Kier alpha value is -0.770. The Labute approximate surface area is 79.2 Å². The highest BCUT2D eigenvalue weighted by molar-refractivity contribution is 5.60. The van der Waals surface area contributed by atoms with Gasteiger partial charge in [0.05, 0.1) is 12.7 Å². The number of ether oxygens (including phenoxy) is 3. The second kappa shape index (κ2) is 6.71. The van der Waals surface area contributed by atoms with Crippen molar-refractivity contribution < 1.29 is 19.0 Å². The molecule has 0 aliphatic rings. The summed E-state index contributed by atoms with van der Waals surface area (Å²) in [5.74, 6) is 0. The van der Waals surface area contributed by atoms with E-state index in [2.05, 4.69) is 4.74 Å². The number of hydrogen-bond acceptors (Lipinski definition) is 4. The van der Waals surface area contributed by atoms with Gasteiger partial charge in [-0.2, -0.15) is 0 Å². The minimum absolute atomic E-state index is 0.102. The van der Waals surface area contributed by atoms with Crippen LogP contribution in [0.15, 0.2) is 0 Å². The zero-order valence-corrected chi connectivity index (χ0v) is 8.70. The van der Waals surface area contributed by atoms with Crippen molar-refractivity contribution in [3.63, 3.8) is 0 Å². The summed E-state index contributed by atoms with van der Waals surface area (Å²) in [4.78, 5) is 10.9. The van der Waals surface area contributed by atoms with Gasteiger partial charge in [-0.15, -0.1) is 0 Å². The van der Waals surface area contributed by atoms with Crippen LogP contribution >= 0.6 is 0 Å². The van der Waals surface area contributed by atoms with Crippen molar-refractivity contribution in [1.29, 1.82) is 0 Å². The van der Waals surface area contributed by atoms with E-state index in [-0.39, 0.29) is 12.2 Å². The van der Waals surface area contributed by atoms with Crippen LogP contribution in [0.4, 0.5) is 4.79 Å². The van der Waals surface area contributed by atoms with Crippen molar-refractivity contribution in [2.75, 3.05) is 13.2 Å². The van der Waals surface area contributed by atoms with Crippen LogP contribution in [0, 0.1) is 0 Å². The summed E-state index contributed by atoms with van der Waals surface area (Å²) in [7, 11) is 0. The third kappa shape index (κ3) is 5.47. The van der Waals surface area contributed by atoms with Crippen LogP contribution in [0.3, 0.4) is 0 Å². The van der Waals surface area contributed by atoms with Gasteiger partial charge in [0.1, 0.15) is 6.10 Å². The Morgan fingerprint density at radius 1 is 1.15 bits per heavy atom. The minimum atomic E-state index is -0.637. The van der Waals surface area contributed by atoms with E-state index in [1.54, 1.807) is 13.8 Å². The van der Waals surface area contributed by atoms with Crippen LogP contribution in [0.5, 0.6) is 0 Å². The van der Waals surface area contributed by atoms with Crippen LogP contribution < -0.4 is 0 Å². The number of carbonyl (C=O) groups excluding carboxylic acids is 1. The molecule has 0 aliphatic carbocycles. The van der Waals surface area contributed by atoms with Gasteiger partial charge in [-0.05, 0) is 27.7 Å². The summed E-state index contributed by atoms with van der Waals surface area (Å²) >= 11 is 0. The second-order valence-corrected chi connectivity index (χ2v) is 2.67. The zero-order valence-electron chi connectivity index (χ0n) is 8.70. The van der Waals surface area contributed by atoms with Crippen molar-refractivity contribution in [3.8, 4) is 0 Å². The smallest absolute Gasteiger partial charge is 0.435 e. The van der Waals surface area contributed by atoms with Gasteiger partial charge in [0.25, 0.3) is 0 Å². The van der Waals surface area contributed by atoms with Gasteiger partial charge < -0.3 is 14.2 Å². The molecule has 13 heavy (non-hydrogen) atoms. The van der Waals surface area contributed by atoms with E-state index in [9.17, 15) is 4.79 Å². The number of carbonyl (C=O) groups is 1. The molecule has 0 radical (unpaired) electrons. The average Bonchev–Trinajstić information content (AvgIpc) is 2.05. The van der Waals surface area contributed by atoms with Gasteiger partial charge in [-0.1, -0.05) is 0 Å². The maximum absolute atomic E-state index is 10.9. The molecule has 4 heteroatoms. The Morgan fingerprint density at radius 3 is 2.23 bits per heavy atom. The predicted octanol–water partition coefficient (Wildman–Crippen LogP) is 1.97.